The second-order valence-electron chi connectivity index (χ2n) is 6.10. The van der Waals surface area contributed by atoms with Crippen molar-refractivity contribution in [2.24, 2.45) is 0 Å². The summed E-state index contributed by atoms with van der Waals surface area (Å²) in [5.74, 6) is 0.734. The molecule has 0 aromatic carbocycles. The first-order chi connectivity index (χ1) is 9.59. The fourth-order valence-corrected chi connectivity index (χ4v) is 2.97. The molecule has 2 heterocycles. The molecule has 118 valence electrons. The number of nitrogens with one attached hydrogen (secondary N) is 2. The Balaban J connectivity index is 2.15. The van der Waals surface area contributed by atoms with E-state index in [1.165, 1.54) is 0 Å². The van der Waals surface area contributed by atoms with Crippen molar-refractivity contribution >= 4 is 27.3 Å². The van der Waals surface area contributed by atoms with Crippen molar-refractivity contribution in [3.8, 4) is 0 Å². The van der Waals surface area contributed by atoms with Crippen LogP contribution in [0.5, 0.6) is 0 Å². The number of aryl methyl sites for hydroxylation is 1. The molecule has 0 amide bonds. The second kappa shape index (κ2) is 5.58. The molecule has 2 N–H and O–H groups in total. The van der Waals surface area contributed by atoms with Crippen LogP contribution >= 0.6 is 11.6 Å². The Morgan fingerprint density at radius 1 is 1.33 bits per heavy atom. The van der Waals surface area contributed by atoms with E-state index in [1.807, 2.05) is 0 Å². The minimum absolute atomic E-state index is 0.118. The topological polar surface area (TPSA) is 92.2 Å². The molecule has 0 radical (unpaired) electrons. The van der Waals surface area contributed by atoms with Crippen molar-refractivity contribution in [1.29, 1.82) is 0 Å². The zero-order chi connectivity index (χ0) is 15.8. The fourth-order valence-electron chi connectivity index (χ4n) is 2.01. The molecule has 0 aliphatic carbocycles. The largest absolute Gasteiger partial charge is 0.293 e. The van der Waals surface area contributed by atoms with Gasteiger partial charge in [0.05, 0.1) is 11.9 Å². The van der Waals surface area contributed by atoms with Crippen molar-refractivity contribution < 1.29 is 8.42 Å². The molecule has 0 saturated carbocycles. The van der Waals surface area contributed by atoms with Gasteiger partial charge < -0.3 is 0 Å². The van der Waals surface area contributed by atoms with Crippen LogP contribution in [0.2, 0.25) is 5.02 Å². The first-order valence-electron chi connectivity index (χ1n) is 6.66. The minimum Gasteiger partial charge on any atom is -0.293 e. The number of fused-ring (bicyclic) bond motifs is 1. The average molecular weight is 334 g/mol. The van der Waals surface area contributed by atoms with E-state index in [9.17, 15) is 8.42 Å². The van der Waals surface area contributed by atoms with Crippen LogP contribution in [0.1, 0.15) is 38.7 Å². The predicted octanol–water partition coefficient (Wildman–Crippen LogP) is 1.49. The number of hydrogen-bond acceptors (Lipinski definition) is 4. The van der Waals surface area contributed by atoms with Crippen molar-refractivity contribution in [3.05, 3.63) is 16.5 Å². The smallest absolute Gasteiger partial charge is 0.208 e. The first kappa shape index (κ1) is 16.3. The zero-order valence-corrected chi connectivity index (χ0v) is 14.1. The lowest BCUT2D eigenvalue weighted by Crippen LogP contribution is -2.23. The third kappa shape index (κ3) is 3.75. The van der Waals surface area contributed by atoms with Crippen LogP contribution in [0.3, 0.4) is 0 Å². The molecular formula is C12H20ClN5O2S. The summed E-state index contributed by atoms with van der Waals surface area (Å²) >= 11 is 6.33. The molecule has 0 aliphatic heterocycles. The van der Waals surface area contributed by atoms with Gasteiger partial charge in [-0.2, -0.15) is 0 Å². The summed E-state index contributed by atoms with van der Waals surface area (Å²) in [6, 6.07) is 0. The highest BCUT2D eigenvalue weighted by molar-refractivity contribution is 7.88. The maximum atomic E-state index is 11.0. The normalized spacial score (nSPS) is 13.2. The number of aromatic nitrogens is 4. The summed E-state index contributed by atoms with van der Waals surface area (Å²) in [6.07, 6.45) is 2.38. The monoisotopic (exact) mass is 333 g/mol. The molecule has 9 heteroatoms. The summed E-state index contributed by atoms with van der Waals surface area (Å²) in [7, 11) is -3.15. The number of hydrogen-bond donors (Lipinski definition) is 2. The van der Waals surface area contributed by atoms with Gasteiger partial charge in [0.25, 0.3) is 0 Å². The molecule has 0 aliphatic rings. The first-order valence-corrected chi connectivity index (χ1v) is 8.93. The van der Waals surface area contributed by atoms with E-state index in [1.54, 1.807) is 4.52 Å². The molecule has 0 fully saturated rings. The Bertz CT molecular complexity index is 742. The number of aromatic amines is 1. The maximum Gasteiger partial charge on any atom is 0.208 e. The van der Waals surface area contributed by atoms with Crippen molar-refractivity contribution in [1.82, 2.24) is 24.5 Å². The molecule has 7 nitrogen and oxygen atoms in total. The third-order valence-corrected chi connectivity index (χ3v) is 4.15. The quantitative estimate of drug-likeness (QED) is 0.811. The molecule has 21 heavy (non-hydrogen) atoms. The van der Waals surface area contributed by atoms with Crippen LogP contribution in [0, 0.1) is 0 Å². The summed E-state index contributed by atoms with van der Waals surface area (Å²) in [6.45, 7) is 6.56. The van der Waals surface area contributed by atoms with Crippen molar-refractivity contribution in [2.75, 3.05) is 12.8 Å². The number of sulfonamides is 1. The van der Waals surface area contributed by atoms with Crippen LogP contribution in [-0.4, -0.2) is 41.0 Å². The van der Waals surface area contributed by atoms with Crippen LogP contribution < -0.4 is 4.72 Å². The van der Waals surface area contributed by atoms with Crippen LogP contribution in [0.25, 0.3) is 5.65 Å². The molecule has 2 aromatic heterocycles. The molecule has 0 unspecified atom stereocenters. The Hall–Kier alpha value is -1.12. The van der Waals surface area contributed by atoms with Gasteiger partial charge in [-0.05, 0) is 6.42 Å². The van der Waals surface area contributed by atoms with E-state index in [2.05, 4.69) is 40.8 Å². The van der Waals surface area contributed by atoms with E-state index in [4.69, 9.17) is 11.6 Å². The van der Waals surface area contributed by atoms with Crippen LogP contribution in [-0.2, 0) is 21.9 Å². The zero-order valence-electron chi connectivity index (χ0n) is 12.6. The number of rotatable bonds is 5. The van der Waals surface area contributed by atoms with Crippen LogP contribution in [0.15, 0.2) is 0 Å². The molecule has 0 atom stereocenters. The lowest BCUT2D eigenvalue weighted by molar-refractivity contribution is 0.558. The number of H-pyrrole nitrogens is 1. The van der Waals surface area contributed by atoms with Gasteiger partial charge in [-0.1, -0.05) is 32.4 Å². The van der Waals surface area contributed by atoms with Gasteiger partial charge in [0.2, 0.25) is 10.0 Å². The summed E-state index contributed by atoms with van der Waals surface area (Å²) in [4.78, 5) is 0. The Morgan fingerprint density at radius 2 is 2.00 bits per heavy atom. The van der Waals surface area contributed by atoms with Gasteiger partial charge in [-0.25, -0.2) is 17.7 Å². The second-order valence-corrected chi connectivity index (χ2v) is 8.31. The fraction of sp³-hybridized carbons (Fsp3) is 0.667. The highest BCUT2D eigenvalue weighted by Crippen LogP contribution is 2.31. The Morgan fingerprint density at radius 3 is 2.57 bits per heavy atom. The molecule has 0 bridgehead atoms. The summed E-state index contributed by atoms with van der Waals surface area (Å²) in [5, 5.41) is 12.0. The average Bonchev–Trinajstić information content (AvgIpc) is 2.84. The molecule has 2 aromatic rings. The van der Waals surface area contributed by atoms with E-state index in [-0.39, 0.29) is 5.41 Å². The molecule has 2 rings (SSSR count). The van der Waals surface area contributed by atoms with Gasteiger partial charge in [-0.3, -0.25) is 5.10 Å². The Kier molecular flexibility index (Phi) is 4.32. The van der Waals surface area contributed by atoms with Gasteiger partial charge in [-0.15, -0.1) is 10.2 Å². The predicted molar refractivity (Wildman–Crippen MR) is 82.2 cm³/mol. The Labute approximate surface area is 129 Å². The molecule has 0 spiro atoms. The standard InChI is InChI=1S/C12H20ClN5O2S/c1-12(2,3)10-9(13)11-16-15-8(18(11)17-10)6-5-7-14-21(4,19)20/h14,17H,5-7H2,1-4H3. The maximum absolute atomic E-state index is 11.0. The number of halogens is 1. The summed E-state index contributed by atoms with van der Waals surface area (Å²) in [5.41, 5.74) is 1.39. The van der Waals surface area contributed by atoms with Gasteiger partial charge in [0.15, 0.2) is 11.5 Å². The highest BCUT2D eigenvalue weighted by Gasteiger charge is 2.24. The number of nitrogens with zero attached hydrogens (tertiary/aromatic N) is 3. The lowest BCUT2D eigenvalue weighted by atomic mass is 9.92. The lowest BCUT2D eigenvalue weighted by Gasteiger charge is -2.16. The highest BCUT2D eigenvalue weighted by atomic mass is 35.5. The van der Waals surface area contributed by atoms with Gasteiger partial charge in [0, 0.05) is 18.4 Å². The van der Waals surface area contributed by atoms with Crippen molar-refractivity contribution in [2.45, 2.75) is 39.0 Å². The SMILES string of the molecule is CC(C)(C)c1[nH]n2c(CCCNS(C)(=O)=O)nnc2c1Cl. The summed E-state index contributed by atoms with van der Waals surface area (Å²) < 4.78 is 26.2. The van der Waals surface area contributed by atoms with Crippen LogP contribution in [0.4, 0.5) is 0 Å². The molecule has 0 saturated heterocycles. The van der Waals surface area contributed by atoms with E-state index in [0.717, 1.165) is 17.8 Å². The van der Waals surface area contributed by atoms with Gasteiger partial charge in [0.1, 0.15) is 5.02 Å². The minimum atomic E-state index is -3.15. The van der Waals surface area contributed by atoms with Crippen molar-refractivity contribution in [3.63, 3.8) is 0 Å². The van der Waals surface area contributed by atoms with E-state index in [0.29, 0.717) is 30.1 Å². The molecular weight excluding hydrogens is 314 g/mol. The van der Waals surface area contributed by atoms with Gasteiger partial charge >= 0.3 is 0 Å². The third-order valence-electron chi connectivity index (χ3n) is 3.06. The van der Waals surface area contributed by atoms with E-state index >= 15 is 0 Å². The van der Waals surface area contributed by atoms with E-state index < -0.39 is 10.0 Å².